The van der Waals surface area contributed by atoms with Crippen molar-refractivity contribution in [2.24, 2.45) is 22.7 Å². The minimum Gasteiger partial charge on any atom is -0.393 e. The third-order valence-corrected chi connectivity index (χ3v) is 12.0. The molecule has 6 rings (SSSR count). The maximum absolute atomic E-state index is 16.1. The lowest BCUT2D eigenvalue weighted by Crippen LogP contribution is -2.52. The van der Waals surface area contributed by atoms with E-state index in [0.29, 0.717) is 54.8 Å². The minimum atomic E-state index is -1.15. The number of halogens is 3. The van der Waals surface area contributed by atoms with Gasteiger partial charge in [0, 0.05) is 29.0 Å². The summed E-state index contributed by atoms with van der Waals surface area (Å²) in [6.45, 7) is 4.21. The fourth-order valence-corrected chi connectivity index (χ4v) is 9.35. The van der Waals surface area contributed by atoms with Crippen molar-refractivity contribution in [2.75, 3.05) is 11.9 Å². The largest absolute Gasteiger partial charge is 0.393 e. The molecule has 8 heteroatoms. The van der Waals surface area contributed by atoms with Crippen molar-refractivity contribution in [3.05, 3.63) is 63.4 Å². The molecule has 0 bridgehead atoms. The van der Waals surface area contributed by atoms with E-state index in [4.69, 9.17) is 23.2 Å². The fourth-order valence-electron chi connectivity index (χ4n) is 9.00. The van der Waals surface area contributed by atoms with E-state index in [0.717, 1.165) is 31.2 Å². The van der Waals surface area contributed by atoms with E-state index in [1.807, 2.05) is 6.07 Å². The predicted octanol–water partition coefficient (Wildman–Crippen LogP) is 7.59. The van der Waals surface area contributed by atoms with Crippen LogP contribution < -0.4 is 5.32 Å². The van der Waals surface area contributed by atoms with Gasteiger partial charge < -0.3 is 15.5 Å². The first kappa shape index (κ1) is 30.1. The molecule has 0 radical (unpaired) electrons. The third-order valence-electron chi connectivity index (χ3n) is 11.4. The van der Waals surface area contributed by atoms with Crippen molar-refractivity contribution in [3.8, 4) is 0 Å². The molecule has 1 aliphatic heterocycles. The second kappa shape index (κ2) is 10.6. The Morgan fingerprint density at radius 1 is 1.05 bits per heavy atom. The Hall–Kier alpha value is -1.99. The van der Waals surface area contributed by atoms with Gasteiger partial charge in [0.1, 0.15) is 11.6 Å². The lowest BCUT2D eigenvalue weighted by Gasteiger charge is -2.51. The molecule has 5 nitrogen and oxygen atoms in total. The highest BCUT2D eigenvalue weighted by Crippen LogP contribution is 2.72. The Balaban J connectivity index is 1.50. The number of hydrogen-bond donors (Lipinski definition) is 3. The molecule has 4 aliphatic rings. The number of nitrogens with one attached hydrogen (secondary N) is 1. The smallest absolute Gasteiger partial charge is 0.236 e. The molecule has 1 amide bonds. The monoisotopic (exact) mass is 615 g/mol. The summed E-state index contributed by atoms with van der Waals surface area (Å²) in [6, 6.07) is 10.4. The average molecular weight is 617 g/mol. The molecule has 3 fully saturated rings. The lowest BCUT2D eigenvalue weighted by molar-refractivity contribution is -0.127. The zero-order chi connectivity index (χ0) is 30.1. The van der Waals surface area contributed by atoms with Gasteiger partial charge in [0.25, 0.3) is 0 Å². The second-order valence-corrected chi connectivity index (χ2v) is 15.2. The van der Waals surface area contributed by atoms with Gasteiger partial charge in [-0.15, -0.1) is 0 Å². The SMILES string of the molecule is CC1(C)CCC2(CC1)C[C@@H](C(=O)CC1CCC(O)(CO)CC1)[C@H](c1cccc(Cl)c1F)[C@]21C(=O)Nc2cc(Cl)ccc21. The quantitative estimate of drug-likeness (QED) is 0.323. The van der Waals surface area contributed by atoms with E-state index in [1.54, 1.807) is 24.3 Å². The molecule has 226 valence electrons. The number of fused-ring (bicyclic) bond motifs is 3. The first-order valence-electron chi connectivity index (χ1n) is 15.3. The predicted molar refractivity (Wildman–Crippen MR) is 162 cm³/mol. The number of aliphatic hydroxyl groups excluding tert-OH is 1. The van der Waals surface area contributed by atoms with Crippen LogP contribution in [0.5, 0.6) is 0 Å². The summed E-state index contributed by atoms with van der Waals surface area (Å²) < 4.78 is 16.1. The Morgan fingerprint density at radius 2 is 1.74 bits per heavy atom. The molecule has 3 N–H and O–H groups in total. The molecule has 1 heterocycles. The maximum atomic E-state index is 16.1. The minimum absolute atomic E-state index is 0.0233. The van der Waals surface area contributed by atoms with Gasteiger partial charge in [-0.3, -0.25) is 9.59 Å². The molecule has 2 aromatic rings. The summed E-state index contributed by atoms with van der Waals surface area (Å²) >= 11 is 12.7. The molecular weight excluding hydrogens is 576 g/mol. The van der Waals surface area contributed by atoms with Gasteiger partial charge in [0.05, 0.1) is 22.6 Å². The fraction of sp³-hybridized carbons (Fsp3) is 0.588. The standard InChI is InChI=1S/C34H40Cl2FNO4/c1-31(2)12-14-32(15-13-31)18-23(27(40)16-20-8-10-33(42,19-39)11-9-20)28(22-4-3-5-25(36)29(22)37)34(32)24-7-6-21(35)17-26(24)38-30(34)41/h3-7,17,20,23,28,39,42H,8-16,18-19H2,1-2H3,(H,38,41)/t20?,23-,28-,33?,34+/m0/s1. The van der Waals surface area contributed by atoms with Crippen molar-refractivity contribution >= 4 is 40.6 Å². The number of aliphatic hydroxyl groups is 2. The van der Waals surface area contributed by atoms with Gasteiger partial charge in [0.2, 0.25) is 5.91 Å². The third kappa shape index (κ3) is 4.63. The summed E-state index contributed by atoms with van der Waals surface area (Å²) in [5.41, 5.74) is -0.938. The number of benzene rings is 2. The van der Waals surface area contributed by atoms with E-state index in [-0.39, 0.29) is 34.7 Å². The van der Waals surface area contributed by atoms with Crippen molar-refractivity contribution in [1.29, 1.82) is 0 Å². The van der Waals surface area contributed by atoms with E-state index in [1.165, 1.54) is 6.07 Å². The van der Waals surface area contributed by atoms with Crippen LogP contribution in [0.3, 0.4) is 0 Å². The molecular formula is C34H40Cl2FNO4. The van der Waals surface area contributed by atoms with Crippen molar-refractivity contribution in [3.63, 3.8) is 0 Å². The van der Waals surface area contributed by atoms with Crippen LogP contribution in [-0.4, -0.2) is 34.1 Å². The van der Waals surface area contributed by atoms with Gasteiger partial charge in [0.15, 0.2) is 0 Å². The first-order valence-corrected chi connectivity index (χ1v) is 16.0. The molecule has 3 atom stereocenters. The maximum Gasteiger partial charge on any atom is 0.236 e. The molecule has 3 aliphatic carbocycles. The van der Waals surface area contributed by atoms with E-state index in [2.05, 4.69) is 19.2 Å². The van der Waals surface area contributed by atoms with Crippen LogP contribution in [0.4, 0.5) is 10.1 Å². The Labute approximate surface area is 257 Å². The van der Waals surface area contributed by atoms with Gasteiger partial charge in [-0.1, -0.05) is 55.2 Å². The highest BCUT2D eigenvalue weighted by atomic mass is 35.5. The van der Waals surface area contributed by atoms with Gasteiger partial charge in [-0.05, 0) is 104 Å². The van der Waals surface area contributed by atoms with Crippen LogP contribution >= 0.6 is 23.2 Å². The molecule has 42 heavy (non-hydrogen) atoms. The Morgan fingerprint density at radius 3 is 2.40 bits per heavy atom. The zero-order valence-electron chi connectivity index (χ0n) is 24.3. The van der Waals surface area contributed by atoms with E-state index >= 15 is 4.39 Å². The molecule has 0 aromatic heterocycles. The van der Waals surface area contributed by atoms with Crippen molar-refractivity contribution in [2.45, 2.75) is 95.0 Å². The molecule has 2 aromatic carbocycles. The number of rotatable bonds is 5. The van der Waals surface area contributed by atoms with Crippen LogP contribution in [0.15, 0.2) is 36.4 Å². The summed E-state index contributed by atoms with van der Waals surface area (Å²) in [6.07, 6.45) is 6.28. The van der Waals surface area contributed by atoms with E-state index in [9.17, 15) is 19.8 Å². The normalized spacial score (nSPS) is 33.1. The Kier molecular flexibility index (Phi) is 7.57. The first-order chi connectivity index (χ1) is 19.8. The van der Waals surface area contributed by atoms with Crippen molar-refractivity contribution < 1.29 is 24.2 Å². The second-order valence-electron chi connectivity index (χ2n) is 14.3. The highest BCUT2D eigenvalue weighted by Gasteiger charge is 2.72. The topological polar surface area (TPSA) is 86.6 Å². The van der Waals surface area contributed by atoms with Gasteiger partial charge >= 0.3 is 0 Å². The number of Topliss-reactive ketones (excluding diaryl/α,β-unsaturated/α-hetero) is 1. The van der Waals surface area contributed by atoms with Crippen LogP contribution in [0.25, 0.3) is 0 Å². The number of anilines is 1. The summed E-state index contributed by atoms with van der Waals surface area (Å²) in [5, 5.41) is 23.7. The number of carbonyl (C=O) groups is 2. The summed E-state index contributed by atoms with van der Waals surface area (Å²) in [5.74, 6) is -1.97. The van der Waals surface area contributed by atoms with Gasteiger partial charge in [-0.25, -0.2) is 4.39 Å². The molecule has 2 spiro atoms. The number of carbonyl (C=O) groups excluding carboxylic acids is 2. The summed E-state index contributed by atoms with van der Waals surface area (Å²) in [7, 11) is 0. The van der Waals surface area contributed by atoms with Crippen LogP contribution in [0.1, 0.15) is 95.1 Å². The van der Waals surface area contributed by atoms with Crippen LogP contribution in [0, 0.1) is 28.5 Å². The van der Waals surface area contributed by atoms with Crippen LogP contribution in [0.2, 0.25) is 10.0 Å². The number of ketones is 1. The molecule has 3 saturated carbocycles. The Bertz CT molecular complexity index is 1410. The highest BCUT2D eigenvalue weighted by molar-refractivity contribution is 6.31. The van der Waals surface area contributed by atoms with E-state index < -0.39 is 34.1 Å². The number of hydrogen-bond acceptors (Lipinski definition) is 4. The lowest BCUT2D eigenvalue weighted by atomic mass is 9.51. The summed E-state index contributed by atoms with van der Waals surface area (Å²) in [4.78, 5) is 29.0. The zero-order valence-corrected chi connectivity index (χ0v) is 25.8. The number of amides is 1. The van der Waals surface area contributed by atoms with Crippen LogP contribution in [-0.2, 0) is 15.0 Å². The van der Waals surface area contributed by atoms with Crippen molar-refractivity contribution in [1.82, 2.24) is 0 Å². The molecule has 0 saturated heterocycles. The average Bonchev–Trinajstić information content (AvgIpc) is 3.41. The molecule has 0 unspecified atom stereocenters. The van der Waals surface area contributed by atoms with Gasteiger partial charge in [-0.2, -0.15) is 0 Å².